The molecule has 0 fully saturated rings. The highest BCUT2D eigenvalue weighted by Crippen LogP contribution is 2.38. The van der Waals surface area contributed by atoms with E-state index in [1.54, 1.807) is 7.11 Å². The molecule has 4 aromatic rings. The number of benzene rings is 4. The number of aliphatic imine (C=N–C) groups is 1. The molecule has 0 aromatic heterocycles. The first-order valence-electron chi connectivity index (χ1n) is 11.1. The van der Waals surface area contributed by atoms with Gasteiger partial charge in [0.05, 0.1) is 18.9 Å². The number of rotatable bonds is 5. The molecule has 0 radical (unpaired) electrons. The average molecular weight is 437 g/mol. The maximum atomic E-state index is 13.5. The zero-order valence-electron chi connectivity index (χ0n) is 18.7. The van der Waals surface area contributed by atoms with Crippen LogP contribution >= 0.6 is 0 Å². The van der Waals surface area contributed by atoms with Crippen LogP contribution in [0.25, 0.3) is 11.1 Å². The van der Waals surface area contributed by atoms with Crippen molar-refractivity contribution >= 4 is 11.4 Å². The summed E-state index contributed by atoms with van der Waals surface area (Å²) in [4.78, 5) is 7.43. The molecule has 0 saturated heterocycles. The van der Waals surface area contributed by atoms with Gasteiger partial charge in [-0.1, -0.05) is 66.7 Å². The summed E-state index contributed by atoms with van der Waals surface area (Å²) in [7, 11) is 1.67. The van der Waals surface area contributed by atoms with Crippen molar-refractivity contribution in [3.8, 4) is 16.9 Å². The van der Waals surface area contributed by atoms with Crippen LogP contribution < -0.4 is 9.64 Å². The average Bonchev–Trinajstić information content (AvgIpc) is 3.22. The Morgan fingerprint density at radius 3 is 1.91 bits per heavy atom. The smallest absolute Gasteiger partial charge is 0.148 e. The van der Waals surface area contributed by atoms with Crippen LogP contribution in [0.1, 0.15) is 24.2 Å². The fourth-order valence-corrected chi connectivity index (χ4v) is 4.42. The molecule has 1 heterocycles. The number of halogens is 1. The summed E-state index contributed by atoms with van der Waals surface area (Å²) in [5, 5.41) is 0. The first-order valence-corrected chi connectivity index (χ1v) is 11.1. The number of hydrogen-bond acceptors (Lipinski definition) is 3. The van der Waals surface area contributed by atoms with Gasteiger partial charge >= 0.3 is 0 Å². The molecule has 1 aliphatic rings. The zero-order valence-corrected chi connectivity index (χ0v) is 18.7. The first-order chi connectivity index (χ1) is 16.1. The van der Waals surface area contributed by atoms with Crippen LogP contribution in [-0.4, -0.2) is 18.9 Å². The van der Waals surface area contributed by atoms with Crippen LogP contribution in [-0.2, 0) is 0 Å². The van der Waals surface area contributed by atoms with Gasteiger partial charge in [0.1, 0.15) is 17.7 Å². The molecule has 0 N–H and O–H groups in total. The van der Waals surface area contributed by atoms with Gasteiger partial charge in [-0.05, 0) is 65.6 Å². The van der Waals surface area contributed by atoms with Crippen LogP contribution in [0.4, 0.5) is 10.1 Å². The Balaban J connectivity index is 1.50. The Labute approximate surface area is 193 Å². The Morgan fingerprint density at radius 1 is 0.727 bits per heavy atom. The van der Waals surface area contributed by atoms with Gasteiger partial charge in [-0.3, -0.25) is 4.99 Å². The van der Waals surface area contributed by atoms with Crippen molar-refractivity contribution in [1.82, 2.24) is 0 Å². The van der Waals surface area contributed by atoms with Gasteiger partial charge in [-0.15, -0.1) is 0 Å². The quantitative estimate of drug-likeness (QED) is 0.340. The number of ether oxygens (including phenoxy) is 1. The maximum absolute atomic E-state index is 13.5. The number of hydrogen-bond donors (Lipinski definition) is 0. The SMILES string of the molecule is COc1ccc(-c2ccc(N3C(C)C(c4ccc(F)cc4)=NC3c3ccccc3)cc2)cc1. The van der Waals surface area contributed by atoms with Gasteiger partial charge in [0.25, 0.3) is 0 Å². The maximum Gasteiger partial charge on any atom is 0.148 e. The van der Waals surface area contributed by atoms with Crippen LogP contribution in [0.2, 0.25) is 0 Å². The molecule has 0 spiro atoms. The van der Waals surface area contributed by atoms with Crippen molar-refractivity contribution in [3.63, 3.8) is 0 Å². The van der Waals surface area contributed by atoms with Crippen LogP contribution in [0.5, 0.6) is 5.75 Å². The third-order valence-electron chi connectivity index (χ3n) is 6.16. The molecule has 1 aliphatic heterocycles. The zero-order chi connectivity index (χ0) is 22.8. The van der Waals surface area contributed by atoms with Crippen molar-refractivity contribution in [2.24, 2.45) is 4.99 Å². The van der Waals surface area contributed by atoms with Crippen molar-refractivity contribution in [3.05, 3.63) is 120 Å². The van der Waals surface area contributed by atoms with E-state index in [1.807, 2.05) is 42.5 Å². The van der Waals surface area contributed by atoms with E-state index in [1.165, 1.54) is 12.1 Å². The summed E-state index contributed by atoms with van der Waals surface area (Å²) in [5.74, 6) is 0.605. The first kappa shape index (κ1) is 21.0. The molecule has 0 saturated carbocycles. The molecule has 3 nitrogen and oxygen atoms in total. The van der Waals surface area contributed by atoms with E-state index in [2.05, 4.69) is 60.4 Å². The summed E-state index contributed by atoms with van der Waals surface area (Å²) in [6, 6.07) is 33.6. The molecule has 164 valence electrons. The lowest BCUT2D eigenvalue weighted by Gasteiger charge is -2.30. The van der Waals surface area contributed by atoms with E-state index in [0.29, 0.717) is 0 Å². The Hall–Kier alpha value is -3.92. The van der Waals surface area contributed by atoms with Crippen LogP contribution in [0.3, 0.4) is 0 Å². The Morgan fingerprint density at radius 2 is 1.30 bits per heavy atom. The molecule has 5 rings (SSSR count). The molecule has 0 bridgehead atoms. The fourth-order valence-electron chi connectivity index (χ4n) is 4.42. The van der Waals surface area contributed by atoms with Crippen molar-refractivity contribution in [1.29, 1.82) is 0 Å². The summed E-state index contributed by atoms with van der Waals surface area (Å²) >= 11 is 0. The van der Waals surface area contributed by atoms with Gasteiger partial charge in [-0.2, -0.15) is 0 Å². The van der Waals surface area contributed by atoms with E-state index in [-0.39, 0.29) is 18.0 Å². The highest BCUT2D eigenvalue weighted by atomic mass is 19.1. The third kappa shape index (κ3) is 4.12. The largest absolute Gasteiger partial charge is 0.497 e. The summed E-state index contributed by atoms with van der Waals surface area (Å²) in [6.07, 6.45) is -0.145. The van der Waals surface area contributed by atoms with Crippen LogP contribution in [0.15, 0.2) is 108 Å². The third-order valence-corrected chi connectivity index (χ3v) is 6.16. The second kappa shape index (κ2) is 8.91. The number of anilines is 1. The van der Waals surface area contributed by atoms with Gasteiger partial charge < -0.3 is 9.64 Å². The molecule has 0 amide bonds. The van der Waals surface area contributed by atoms with Gasteiger partial charge in [0.2, 0.25) is 0 Å². The minimum Gasteiger partial charge on any atom is -0.497 e. The predicted molar refractivity (Wildman–Crippen MR) is 132 cm³/mol. The van der Waals surface area contributed by atoms with Gasteiger partial charge in [0.15, 0.2) is 0 Å². The van der Waals surface area contributed by atoms with E-state index in [0.717, 1.165) is 39.4 Å². The summed E-state index contributed by atoms with van der Waals surface area (Å²) in [5.41, 5.74) is 6.41. The van der Waals surface area contributed by atoms with E-state index in [4.69, 9.17) is 9.73 Å². The lowest BCUT2D eigenvalue weighted by atomic mass is 10.0. The second-order valence-corrected chi connectivity index (χ2v) is 8.16. The normalized spacial score (nSPS) is 17.7. The summed E-state index contributed by atoms with van der Waals surface area (Å²) < 4.78 is 18.8. The van der Waals surface area contributed by atoms with Crippen molar-refractivity contribution in [2.75, 3.05) is 12.0 Å². The van der Waals surface area contributed by atoms with Gasteiger partial charge in [0, 0.05) is 5.69 Å². The summed E-state index contributed by atoms with van der Waals surface area (Å²) in [6.45, 7) is 2.16. The Bertz CT molecular complexity index is 1250. The van der Waals surface area contributed by atoms with Crippen molar-refractivity contribution < 1.29 is 9.13 Å². The van der Waals surface area contributed by atoms with Crippen molar-refractivity contribution in [2.45, 2.75) is 19.1 Å². The molecule has 0 aliphatic carbocycles. The van der Waals surface area contributed by atoms with E-state index >= 15 is 0 Å². The fraction of sp³-hybridized carbons (Fsp3) is 0.138. The standard InChI is InChI=1S/C29H25FN2O/c1-20-28(23-8-14-25(30)15-9-23)31-29(24-6-4-3-5-7-24)32(20)26-16-10-21(11-17-26)22-12-18-27(33-2)19-13-22/h3-20,29H,1-2H3. The molecule has 4 aromatic carbocycles. The lowest BCUT2D eigenvalue weighted by molar-refractivity contribution is 0.415. The van der Waals surface area contributed by atoms with Gasteiger partial charge in [-0.25, -0.2) is 4.39 Å². The highest BCUT2D eigenvalue weighted by molar-refractivity contribution is 6.07. The molecular weight excluding hydrogens is 411 g/mol. The Kier molecular flexibility index (Phi) is 5.66. The molecule has 2 unspecified atom stereocenters. The minimum absolute atomic E-state index is 0.0347. The minimum atomic E-state index is -0.240. The van der Waals surface area contributed by atoms with Crippen LogP contribution in [0, 0.1) is 5.82 Å². The highest BCUT2D eigenvalue weighted by Gasteiger charge is 2.35. The molecule has 33 heavy (non-hydrogen) atoms. The molecule has 2 atom stereocenters. The monoisotopic (exact) mass is 436 g/mol. The lowest BCUT2D eigenvalue weighted by Crippen LogP contribution is -2.35. The number of methoxy groups -OCH3 is 1. The number of nitrogens with zero attached hydrogens (tertiary/aromatic N) is 2. The van der Waals surface area contributed by atoms with E-state index < -0.39 is 0 Å². The second-order valence-electron chi connectivity index (χ2n) is 8.16. The molecular formula is C29H25FN2O. The predicted octanol–water partition coefficient (Wildman–Crippen LogP) is 6.90. The molecule has 4 heteroatoms. The van der Waals surface area contributed by atoms with E-state index in [9.17, 15) is 4.39 Å². The topological polar surface area (TPSA) is 24.8 Å².